The molecule has 0 bridgehead atoms. The van der Waals surface area contributed by atoms with Crippen LogP contribution in [0.15, 0.2) is 0 Å². The average molecular weight is 195 g/mol. The summed E-state index contributed by atoms with van der Waals surface area (Å²) in [6.45, 7) is 7.25. The van der Waals surface area contributed by atoms with Crippen LogP contribution in [0.3, 0.4) is 0 Å². The molecule has 0 fully saturated rings. The minimum Gasteiger partial charge on any atom is -0.330 e. The van der Waals surface area contributed by atoms with E-state index in [1.54, 1.807) is 0 Å². The van der Waals surface area contributed by atoms with Crippen LogP contribution in [0.2, 0.25) is 0 Å². The lowest BCUT2D eigenvalue weighted by Gasteiger charge is -2.11. The van der Waals surface area contributed by atoms with Gasteiger partial charge in [0.05, 0.1) is 5.69 Å². The molecule has 2 N–H and O–H groups in total. The summed E-state index contributed by atoms with van der Waals surface area (Å²) in [6, 6.07) is 0. The van der Waals surface area contributed by atoms with Gasteiger partial charge in [-0.25, -0.2) is 0 Å². The second-order valence-electron chi connectivity index (χ2n) is 4.04. The van der Waals surface area contributed by atoms with E-state index >= 15 is 0 Å². The Morgan fingerprint density at radius 2 is 2.07 bits per heavy atom. The molecule has 1 aromatic rings. The summed E-state index contributed by atoms with van der Waals surface area (Å²) in [4.78, 5) is 0. The van der Waals surface area contributed by atoms with E-state index in [1.165, 1.54) is 11.3 Å². The standard InChI is InChI=1S/C11H21N3/c1-8(6-5-7-12)11-9(2)13-14(4)10(11)3/h8H,5-7,12H2,1-4H3. The summed E-state index contributed by atoms with van der Waals surface area (Å²) in [5.74, 6) is 0.576. The summed E-state index contributed by atoms with van der Waals surface area (Å²) in [5, 5.41) is 4.43. The topological polar surface area (TPSA) is 43.8 Å². The molecule has 0 aliphatic rings. The van der Waals surface area contributed by atoms with Crippen molar-refractivity contribution in [2.24, 2.45) is 12.8 Å². The zero-order valence-electron chi connectivity index (χ0n) is 9.67. The molecule has 0 aromatic carbocycles. The molecule has 0 spiro atoms. The molecular formula is C11H21N3. The molecule has 0 saturated carbocycles. The van der Waals surface area contributed by atoms with E-state index in [1.807, 2.05) is 11.7 Å². The van der Waals surface area contributed by atoms with Crippen LogP contribution in [0.5, 0.6) is 0 Å². The van der Waals surface area contributed by atoms with Crippen molar-refractivity contribution in [2.75, 3.05) is 6.54 Å². The zero-order valence-corrected chi connectivity index (χ0v) is 9.67. The van der Waals surface area contributed by atoms with Gasteiger partial charge in [0, 0.05) is 12.7 Å². The monoisotopic (exact) mass is 195 g/mol. The van der Waals surface area contributed by atoms with E-state index in [-0.39, 0.29) is 0 Å². The van der Waals surface area contributed by atoms with Gasteiger partial charge in [-0.3, -0.25) is 4.68 Å². The van der Waals surface area contributed by atoms with E-state index in [0.717, 1.165) is 25.1 Å². The van der Waals surface area contributed by atoms with Gasteiger partial charge in [-0.15, -0.1) is 0 Å². The molecule has 0 amide bonds. The van der Waals surface area contributed by atoms with Gasteiger partial charge >= 0.3 is 0 Å². The first-order valence-electron chi connectivity index (χ1n) is 5.28. The first-order chi connectivity index (χ1) is 6.57. The van der Waals surface area contributed by atoms with Gasteiger partial charge < -0.3 is 5.73 Å². The number of hydrogen-bond acceptors (Lipinski definition) is 2. The maximum Gasteiger partial charge on any atom is 0.0631 e. The zero-order chi connectivity index (χ0) is 10.7. The molecule has 80 valence electrons. The first kappa shape index (κ1) is 11.2. The predicted octanol–water partition coefficient (Wildman–Crippen LogP) is 1.88. The third-order valence-electron chi connectivity index (χ3n) is 2.90. The SMILES string of the molecule is Cc1nn(C)c(C)c1C(C)CCCN. The number of rotatable bonds is 4. The Kier molecular flexibility index (Phi) is 3.69. The number of hydrogen-bond donors (Lipinski definition) is 1. The fourth-order valence-corrected chi connectivity index (χ4v) is 2.07. The van der Waals surface area contributed by atoms with Crippen LogP contribution in [0.4, 0.5) is 0 Å². The van der Waals surface area contributed by atoms with Gasteiger partial charge in [0.15, 0.2) is 0 Å². The third kappa shape index (κ3) is 2.15. The molecule has 1 unspecified atom stereocenters. The molecule has 1 rings (SSSR count). The molecular weight excluding hydrogens is 174 g/mol. The largest absolute Gasteiger partial charge is 0.330 e. The summed E-state index contributed by atoms with van der Waals surface area (Å²) in [6.07, 6.45) is 2.25. The second kappa shape index (κ2) is 4.60. The van der Waals surface area contributed by atoms with Crippen LogP contribution in [0, 0.1) is 13.8 Å². The van der Waals surface area contributed by atoms with Crippen molar-refractivity contribution in [3.05, 3.63) is 17.0 Å². The molecule has 1 atom stereocenters. The minimum absolute atomic E-state index is 0.576. The third-order valence-corrected chi connectivity index (χ3v) is 2.90. The lowest BCUT2D eigenvalue weighted by molar-refractivity contribution is 0.633. The maximum atomic E-state index is 5.52. The van der Waals surface area contributed by atoms with E-state index < -0.39 is 0 Å². The molecule has 0 radical (unpaired) electrons. The van der Waals surface area contributed by atoms with Crippen molar-refractivity contribution in [1.29, 1.82) is 0 Å². The summed E-state index contributed by atoms with van der Waals surface area (Å²) in [7, 11) is 2.00. The molecule has 0 aliphatic heterocycles. The van der Waals surface area contributed by atoms with Gasteiger partial charge in [-0.1, -0.05) is 6.92 Å². The highest BCUT2D eigenvalue weighted by molar-refractivity contribution is 5.27. The molecule has 3 heteroatoms. The van der Waals surface area contributed by atoms with E-state index in [9.17, 15) is 0 Å². The Balaban J connectivity index is 2.83. The van der Waals surface area contributed by atoms with Crippen LogP contribution in [0.25, 0.3) is 0 Å². The van der Waals surface area contributed by atoms with Crippen LogP contribution < -0.4 is 5.73 Å². The van der Waals surface area contributed by atoms with Gasteiger partial charge in [-0.2, -0.15) is 5.10 Å². The van der Waals surface area contributed by atoms with Crippen molar-refractivity contribution in [2.45, 2.75) is 39.5 Å². The van der Waals surface area contributed by atoms with Gasteiger partial charge in [0.2, 0.25) is 0 Å². The molecule has 1 aromatic heterocycles. The Morgan fingerprint density at radius 3 is 2.50 bits per heavy atom. The Morgan fingerprint density at radius 1 is 1.43 bits per heavy atom. The Bertz CT molecular complexity index is 302. The quantitative estimate of drug-likeness (QED) is 0.797. The average Bonchev–Trinajstić information content (AvgIpc) is 2.38. The van der Waals surface area contributed by atoms with Gasteiger partial charge in [0.25, 0.3) is 0 Å². The lowest BCUT2D eigenvalue weighted by atomic mass is 9.94. The predicted molar refractivity (Wildman–Crippen MR) is 59.4 cm³/mol. The van der Waals surface area contributed by atoms with Crippen LogP contribution >= 0.6 is 0 Å². The van der Waals surface area contributed by atoms with E-state index in [2.05, 4.69) is 25.9 Å². The summed E-state index contributed by atoms with van der Waals surface area (Å²) in [5.41, 5.74) is 9.36. The van der Waals surface area contributed by atoms with E-state index in [4.69, 9.17) is 5.73 Å². The fraction of sp³-hybridized carbons (Fsp3) is 0.727. The van der Waals surface area contributed by atoms with Crippen molar-refractivity contribution >= 4 is 0 Å². The van der Waals surface area contributed by atoms with Crippen molar-refractivity contribution in [3.63, 3.8) is 0 Å². The molecule has 3 nitrogen and oxygen atoms in total. The van der Waals surface area contributed by atoms with Gasteiger partial charge in [-0.05, 0) is 44.7 Å². The lowest BCUT2D eigenvalue weighted by Crippen LogP contribution is -2.03. The normalized spacial score (nSPS) is 13.2. The molecule has 14 heavy (non-hydrogen) atoms. The van der Waals surface area contributed by atoms with Crippen LogP contribution in [-0.2, 0) is 7.05 Å². The van der Waals surface area contributed by atoms with Crippen LogP contribution in [0.1, 0.15) is 42.6 Å². The number of aromatic nitrogens is 2. The molecule has 0 saturated heterocycles. The number of aryl methyl sites for hydroxylation is 2. The second-order valence-corrected chi connectivity index (χ2v) is 4.04. The molecule has 1 heterocycles. The summed E-state index contributed by atoms with van der Waals surface area (Å²) < 4.78 is 1.96. The highest BCUT2D eigenvalue weighted by Crippen LogP contribution is 2.26. The van der Waals surface area contributed by atoms with E-state index in [0.29, 0.717) is 5.92 Å². The van der Waals surface area contributed by atoms with Crippen LogP contribution in [-0.4, -0.2) is 16.3 Å². The maximum absolute atomic E-state index is 5.52. The molecule has 0 aliphatic carbocycles. The smallest absolute Gasteiger partial charge is 0.0631 e. The number of nitrogens with zero attached hydrogens (tertiary/aromatic N) is 2. The Hall–Kier alpha value is -0.830. The number of nitrogens with two attached hydrogens (primary N) is 1. The van der Waals surface area contributed by atoms with Gasteiger partial charge in [0.1, 0.15) is 0 Å². The van der Waals surface area contributed by atoms with Crippen molar-refractivity contribution in [3.8, 4) is 0 Å². The Labute approximate surface area is 86.3 Å². The first-order valence-corrected chi connectivity index (χ1v) is 5.28. The fourth-order valence-electron chi connectivity index (χ4n) is 2.07. The highest BCUT2D eigenvalue weighted by Gasteiger charge is 2.15. The van der Waals surface area contributed by atoms with Crippen molar-refractivity contribution < 1.29 is 0 Å². The summed E-state index contributed by atoms with van der Waals surface area (Å²) >= 11 is 0. The van der Waals surface area contributed by atoms with Crippen molar-refractivity contribution in [1.82, 2.24) is 9.78 Å². The minimum atomic E-state index is 0.576. The highest BCUT2D eigenvalue weighted by atomic mass is 15.3.